The second-order valence-electron chi connectivity index (χ2n) is 15.4. The summed E-state index contributed by atoms with van der Waals surface area (Å²) in [6, 6.07) is 59.0. The van der Waals surface area contributed by atoms with Gasteiger partial charge in [-0.05, 0) is 110 Å². The number of hydrogen-bond acceptors (Lipinski definition) is 2. The van der Waals surface area contributed by atoms with Crippen molar-refractivity contribution in [2.45, 2.75) is 19.3 Å². The van der Waals surface area contributed by atoms with Gasteiger partial charge >= 0.3 is 0 Å². The number of anilines is 3. The Hall–Kier alpha value is -7.16. The Morgan fingerprint density at radius 2 is 1.14 bits per heavy atom. The lowest BCUT2D eigenvalue weighted by Gasteiger charge is -2.27. The molecule has 0 atom stereocenters. The van der Waals surface area contributed by atoms with Gasteiger partial charge in [0.25, 0.3) is 0 Å². The lowest BCUT2D eigenvalue weighted by Crippen LogP contribution is -2.16. The maximum Gasteiger partial charge on any atom is 0.143 e. The van der Waals surface area contributed by atoms with Gasteiger partial charge in [-0.25, -0.2) is 0 Å². The molecule has 0 amide bonds. The van der Waals surface area contributed by atoms with Crippen molar-refractivity contribution in [2.75, 3.05) is 4.90 Å². The van der Waals surface area contributed by atoms with E-state index < -0.39 is 0 Å². The second kappa shape index (κ2) is 13.0. The van der Waals surface area contributed by atoms with Crippen LogP contribution in [-0.2, 0) is 5.41 Å². The third-order valence-electron chi connectivity index (χ3n) is 11.7. The number of nitrogens with zero attached hydrogens (tertiary/aromatic N) is 1. The van der Waals surface area contributed by atoms with E-state index in [1.807, 2.05) is 83.8 Å². The molecule has 0 unspecified atom stereocenters. The van der Waals surface area contributed by atoms with Crippen LogP contribution in [0, 0.1) is 0 Å². The van der Waals surface area contributed by atoms with E-state index in [0.29, 0.717) is 16.9 Å². The molecular formula is C55H39NO. The summed E-state index contributed by atoms with van der Waals surface area (Å²) >= 11 is 0. The molecule has 11 rings (SSSR count). The smallest absolute Gasteiger partial charge is 0.143 e. The van der Waals surface area contributed by atoms with Crippen LogP contribution in [-0.4, -0.2) is 0 Å². The molecule has 2 nitrogen and oxygen atoms in total. The van der Waals surface area contributed by atoms with Crippen molar-refractivity contribution in [1.82, 2.24) is 0 Å². The highest BCUT2D eigenvalue weighted by Crippen LogP contribution is 2.52. The third kappa shape index (κ3) is 5.33. The maximum absolute atomic E-state index is 9.54. The third-order valence-corrected chi connectivity index (χ3v) is 11.7. The normalized spacial score (nSPS) is 13.9. The summed E-state index contributed by atoms with van der Waals surface area (Å²) in [5.41, 5.74) is 13.2. The van der Waals surface area contributed by atoms with Crippen molar-refractivity contribution in [2.24, 2.45) is 0 Å². The molecule has 0 radical (unpaired) electrons. The molecule has 1 heterocycles. The van der Waals surface area contributed by atoms with Crippen LogP contribution < -0.4 is 4.90 Å². The Kier molecular flexibility index (Phi) is 6.64. The molecule has 1 aliphatic carbocycles. The fraction of sp³-hybridized carbons (Fsp3) is 0.0545. The summed E-state index contributed by atoms with van der Waals surface area (Å²) in [6.45, 7) is 4.59. The molecule has 0 fully saturated rings. The molecule has 270 valence electrons. The quantitative estimate of drug-likeness (QED) is 0.169. The summed E-state index contributed by atoms with van der Waals surface area (Å²) in [5, 5.41) is 4.20. The lowest BCUT2D eigenvalue weighted by molar-refractivity contribution is 0.662. The largest absolute Gasteiger partial charge is 0.455 e. The second-order valence-corrected chi connectivity index (χ2v) is 15.4. The van der Waals surface area contributed by atoms with Crippen LogP contribution in [0.2, 0.25) is 0 Å². The SMILES string of the molecule is [2H]c1c([2H])c(N(c2ccc(-c3cccc4c3C(C)(C)c3ccccc3-4)cc2)c2cccc(-c3cccc4oc5c6ccccc6ccc5c34)c2)c([2H])c([2H])c1-c1ccccc1. The van der Waals surface area contributed by atoms with Gasteiger partial charge in [-0.15, -0.1) is 0 Å². The molecule has 1 aromatic heterocycles. The predicted octanol–water partition coefficient (Wildman–Crippen LogP) is 15.5. The average molecular weight is 734 g/mol. The molecule has 0 bridgehead atoms. The first-order chi connectivity index (χ1) is 29.7. The summed E-state index contributed by atoms with van der Waals surface area (Å²) in [4.78, 5) is 1.87. The first kappa shape index (κ1) is 29.2. The Balaban J connectivity index is 1.10. The highest BCUT2D eigenvalue weighted by atomic mass is 16.3. The molecule has 0 N–H and O–H groups in total. The van der Waals surface area contributed by atoms with E-state index in [2.05, 4.69) is 111 Å². The van der Waals surface area contributed by atoms with E-state index >= 15 is 0 Å². The van der Waals surface area contributed by atoms with Gasteiger partial charge in [0.1, 0.15) is 11.2 Å². The van der Waals surface area contributed by atoms with Crippen molar-refractivity contribution in [1.29, 1.82) is 0 Å². The Morgan fingerprint density at radius 3 is 2.00 bits per heavy atom. The zero-order chi connectivity index (χ0) is 41.6. The van der Waals surface area contributed by atoms with Gasteiger partial charge in [0.05, 0.1) is 5.48 Å². The van der Waals surface area contributed by atoms with Crippen LogP contribution >= 0.6 is 0 Å². The van der Waals surface area contributed by atoms with Crippen molar-refractivity contribution in [3.63, 3.8) is 0 Å². The highest BCUT2D eigenvalue weighted by Gasteiger charge is 2.37. The van der Waals surface area contributed by atoms with Gasteiger partial charge in [-0.2, -0.15) is 0 Å². The Morgan fingerprint density at radius 1 is 0.456 bits per heavy atom. The summed E-state index contributed by atoms with van der Waals surface area (Å²) in [5.74, 6) is 0. The van der Waals surface area contributed by atoms with E-state index in [4.69, 9.17) is 4.42 Å². The van der Waals surface area contributed by atoms with Crippen molar-refractivity contribution < 1.29 is 9.90 Å². The van der Waals surface area contributed by atoms with Crippen LogP contribution in [0.1, 0.15) is 30.5 Å². The fourth-order valence-corrected chi connectivity index (χ4v) is 9.06. The van der Waals surface area contributed by atoms with E-state index in [9.17, 15) is 5.48 Å². The zero-order valence-electron chi connectivity index (χ0n) is 35.6. The van der Waals surface area contributed by atoms with Crippen LogP contribution in [0.3, 0.4) is 0 Å². The van der Waals surface area contributed by atoms with E-state index in [1.54, 1.807) is 0 Å². The van der Waals surface area contributed by atoms with Crippen LogP contribution in [0.25, 0.3) is 77.2 Å². The minimum Gasteiger partial charge on any atom is -0.455 e. The summed E-state index contributed by atoms with van der Waals surface area (Å²) < 4.78 is 44.2. The number of rotatable bonds is 6. The summed E-state index contributed by atoms with van der Waals surface area (Å²) in [6.07, 6.45) is 0. The van der Waals surface area contributed by atoms with Gasteiger partial charge < -0.3 is 9.32 Å². The fourth-order valence-electron chi connectivity index (χ4n) is 9.06. The molecule has 0 aliphatic heterocycles. The maximum atomic E-state index is 9.54. The highest BCUT2D eigenvalue weighted by molar-refractivity contribution is 6.19. The minimum absolute atomic E-state index is 0.0940. The molecule has 9 aromatic carbocycles. The van der Waals surface area contributed by atoms with Crippen molar-refractivity contribution in [3.05, 3.63) is 211 Å². The van der Waals surface area contributed by atoms with Crippen LogP contribution in [0.5, 0.6) is 0 Å². The number of benzene rings is 9. The monoisotopic (exact) mass is 733 g/mol. The molecular weight excluding hydrogens is 691 g/mol. The first-order valence-corrected chi connectivity index (χ1v) is 19.4. The van der Waals surface area contributed by atoms with Crippen LogP contribution in [0.4, 0.5) is 17.1 Å². The van der Waals surface area contributed by atoms with Gasteiger partial charge in [-0.3, -0.25) is 0 Å². The Labute approximate surface area is 338 Å². The van der Waals surface area contributed by atoms with Gasteiger partial charge in [0.15, 0.2) is 0 Å². The average Bonchev–Trinajstić information content (AvgIpc) is 3.80. The predicted molar refractivity (Wildman–Crippen MR) is 240 cm³/mol. The van der Waals surface area contributed by atoms with Crippen molar-refractivity contribution >= 4 is 49.8 Å². The minimum atomic E-state index is -0.195. The molecule has 10 aromatic rings. The number of furan rings is 1. The summed E-state index contributed by atoms with van der Waals surface area (Å²) in [7, 11) is 0. The van der Waals surface area contributed by atoms with Crippen LogP contribution in [0.15, 0.2) is 205 Å². The number of hydrogen-bond donors (Lipinski definition) is 0. The molecule has 0 saturated carbocycles. The molecule has 0 spiro atoms. The molecule has 0 saturated heterocycles. The van der Waals surface area contributed by atoms with Gasteiger partial charge in [-0.1, -0.05) is 165 Å². The van der Waals surface area contributed by atoms with E-state index in [0.717, 1.165) is 55.0 Å². The van der Waals surface area contributed by atoms with Gasteiger partial charge in [0.2, 0.25) is 0 Å². The zero-order valence-corrected chi connectivity index (χ0v) is 31.6. The molecule has 1 aliphatic rings. The van der Waals surface area contributed by atoms with E-state index in [1.165, 1.54) is 22.3 Å². The molecule has 2 heteroatoms. The lowest BCUT2D eigenvalue weighted by atomic mass is 9.79. The molecule has 57 heavy (non-hydrogen) atoms. The first-order valence-electron chi connectivity index (χ1n) is 21.4. The van der Waals surface area contributed by atoms with Crippen molar-refractivity contribution in [3.8, 4) is 44.5 Å². The Bertz CT molecular complexity index is 3360. The topological polar surface area (TPSA) is 16.4 Å². The standard InChI is InChI=1S/C55H39NO/c1-55(2)50-23-9-8-19-47(50)48-22-11-21-45(53(48)55)39-27-32-42(33-28-39)56(41-30-25-37(26-31-41)36-13-4-3-5-14-36)43-17-10-16-40(35-43)44-20-12-24-51-52(44)49-34-29-38-15-6-7-18-46(38)54(49)57-51/h3-35H,1-2H3/i25D,26D,30D,31D. The van der Waals surface area contributed by atoms with E-state index in [-0.39, 0.29) is 40.8 Å². The van der Waals surface area contributed by atoms with Gasteiger partial charge in [0, 0.05) is 38.6 Å². The number of fused-ring (bicyclic) bond motifs is 8.